The molecule has 2 rings (SSSR count). The average Bonchev–Trinajstić information content (AvgIpc) is 2.55. The minimum Gasteiger partial charge on any atom is -0.389 e. The second kappa shape index (κ2) is 4.45. The summed E-state index contributed by atoms with van der Waals surface area (Å²) in [5.74, 6) is 0. The fourth-order valence-corrected chi connectivity index (χ4v) is 2.79. The summed E-state index contributed by atoms with van der Waals surface area (Å²) in [5.41, 5.74) is 0.853. The van der Waals surface area contributed by atoms with Crippen LogP contribution in [0.1, 0.15) is 51.6 Å². The molecular weight excluding hydrogens is 212 g/mol. The quantitative estimate of drug-likeness (QED) is 0.802. The van der Waals surface area contributed by atoms with E-state index in [2.05, 4.69) is 18.9 Å². The molecule has 0 bridgehead atoms. The molecule has 1 aromatic heterocycles. The van der Waals surface area contributed by atoms with Crippen LogP contribution in [0.5, 0.6) is 0 Å². The summed E-state index contributed by atoms with van der Waals surface area (Å²) in [6.45, 7) is 4.61. The van der Waals surface area contributed by atoms with Crippen molar-refractivity contribution in [2.75, 3.05) is 0 Å². The van der Waals surface area contributed by atoms with Gasteiger partial charge in [0.2, 0.25) is 0 Å². The lowest BCUT2D eigenvalue weighted by molar-refractivity contribution is 0.0216. The zero-order valence-corrected chi connectivity index (χ0v) is 11.2. The van der Waals surface area contributed by atoms with Gasteiger partial charge >= 0.3 is 0 Å². The lowest BCUT2D eigenvalue weighted by Gasteiger charge is -2.27. The van der Waals surface area contributed by atoms with Gasteiger partial charge in [-0.3, -0.25) is 4.68 Å². The molecule has 1 aliphatic carbocycles. The van der Waals surface area contributed by atoms with Gasteiger partial charge in [0.05, 0.1) is 11.3 Å². The van der Waals surface area contributed by atoms with E-state index in [9.17, 15) is 5.11 Å². The van der Waals surface area contributed by atoms with Crippen LogP contribution in [0.2, 0.25) is 0 Å². The van der Waals surface area contributed by atoms with Gasteiger partial charge < -0.3 is 5.11 Å². The van der Waals surface area contributed by atoms with Gasteiger partial charge in [0.25, 0.3) is 0 Å². The van der Waals surface area contributed by atoms with E-state index in [4.69, 9.17) is 0 Å². The van der Waals surface area contributed by atoms with E-state index in [0.29, 0.717) is 11.8 Å². The Morgan fingerprint density at radius 2 is 2.06 bits per heavy atom. The van der Waals surface area contributed by atoms with Crippen LogP contribution in [0, 0.1) is 5.41 Å². The number of nitrogens with zero attached hydrogens (tertiary/aromatic N) is 2. The van der Waals surface area contributed by atoms with Gasteiger partial charge in [-0.25, -0.2) is 0 Å². The second-order valence-electron chi connectivity index (χ2n) is 6.40. The number of hydrogen-bond acceptors (Lipinski definition) is 2. The number of hydrogen-bond donors (Lipinski definition) is 1. The van der Waals surface area contributed by atoms with E-state index in [0.717, 1.165) is 31.4 Å². The van der Waals surface area contributed by atoms with Crippen molar-refractivity contribution in [2.24, 2.45) is 12.5 Å². The summed E-state index contributed by atoms with van der Waals surface area (Å²) in [4.78, 5) is 0. The normalized spacial score (nSPS) is 28.9. The smallest absolute Gasteiger partial charge is 0.0703 e. The monoisotopic (exact) mass is 236 g/mol. The van der Waals surface area contributed by atoms with Gasteiger partial charge in [-0.05, 0) is 37.2 Å². The Kier molecular flexibility index (Phi) is 3.30. The minimum atomic E-state index is -0.540. The summed E-state index contributed by atoms with van der Waals surface area (Å²) < 4.78 is 1.80. The van der Waals surface area contributed by atoms with Crippen LogP contribution in [0.25, 0.3) is 0 Å². The van der Waals surface area contributed by atoms with E-state index in [1.165, 1.54) is 6.42 Å². The molecule has 17 heavy (non-hydrogen) atoms. The van der Waals surface area contributed by atoms with E-state index in [-0.39, 0.29) is 0 Å². The van der Waals surface area contributed by atoms with E-state index < -0.39 is 5.60 Å². The molecule has 1 aliphatic rings. The molecule has 0 amide bonds. The SMILES string of the molecule is Cn1ccc(CC2(O)CCCC(C)(C)CC2)n1. The molecule has 0 spiro atoms. The van der Waals surface area contributed by atoms with Crippen LogP contribution >= 0.6 is 0 Å². The number of rotatable bonds is 2. The first kappa shape index (κ1) is 12.6. The molecule has 1 N–H and O–H groups in total. The van der Waals surface area contributed by atoms with Gasteiger partial charge in [-0.2, -0.15) is 5.10 Å². The highest BCUT2D eigenvalue weighted by Gasteiger charge is 2.34. The van der Waals surface area contributed by atoms with Gasteiger partial charge in [-0.15, -0.1) is 0 Å². The molecule has 0 aliphatic heterocycles. The fraction of sp³-hybridized carbons (Fsp3) is 0.786. The lowest BCUT2D eigenvalue weighted by atomic mass is 9.83. The van der Waals surface area contributed by atoms with Crippen molar-refractivity contribution in [2.45, 2.75) is 58.0 Å². The van der Waals surface area contributed by atoms with Crippen LogP contribution < -0.4 is 0 Å². The molecule has 1 fully saturated rings. The van der Waals surface area contributed by atoms with Crippen molar-refractivity contribution >= 4 is 0 Å². The maximum absolute atomic E-state index is 10.7. The molecule has 0 aromatic carbocycles. The summed E-state index contributed by atoms with van der Waals surface area (Å²) in [7, 11) is 1.92. The van der Waals surface area contributed by atoms with Crippen LogP contribution in [0.15, 0.2) is 12.3 Å². The molecular formula is C14H24N2O. The summed E-state index contributed by atoms with van der Waals surface area (Å²) in [6.07, 6.45) is 7.90. The van der Waals surface area contributed by atoms with Crippen molar-refractivity contribution < 1.29 is 5.11 Å². The second-order valence-corrected chi connectivity index (χ2v) is 6.40. The number of aromatic nitrogens is 2. The molecule has 96 valence electrons. The summed E-state index contributed by atoms with van der Waals surface area (Å²) in [6, 6.07) is 2.01. The van der Waals surface area contributed by atoms with Crippen molar-refractivity contribution in [3.63, 3.8) is 0 Å². The molecule has 3 heteroatoms. The van der Waals surface area contributed by atoms with Crippen LogP contribution in [-0.2, 0) is 13.5 Å². The largest absolute Gasteiger partial charge is 0.389 e. The van der Waals surface area contributed by atoms with Crippen LogP contribution in [0.4, 0.5) is 0 Å². The summed E-state index contributed by atoms with van der Waals surface area (Å²) in [5, 5.41) is 15.1. The maximum atomic E-state index is 10.7. The molecule has 1 saturated carbocycles. The van der Waals surface area contributed by atoms with Gasteiger partial charge in [0, 0.05) is 19.7 Å². The molecule has 0 radical (unpaired) electrons. The first-order valence-electron chi connectivity index (χ1n) is 6.60. The minimum absolute atomic E-state index is 0.384. The predicted octanol–water partition coefficient (Wildman–Crippen LogP) is 2.68. The Bertz CT molecular complexity index is 383. The topological polar surface area (TPSA) is 38.0 Å². The Morgan fingerprint density at radius 1 is 1.29 bits per heavy atom. The van der Waals surface area contributed by atoms with Crippen molar-refractivity contribution in [3.05, 3.63) is 18.0 Å². The highest BCUT2D eigenvalue weighted by molar-refractivity contribution is 5.04. The standard InChI is InChI=1S/C14H24N2O/c1-13(2)6-4-7-14(17,9-8-13)11-12-5-10-16(3)15-12/h5,10,17H,4,6-9,11H2,1-3H3. The zero-order chi connectivity index (χ0) is 12.5. The third-order valence-corrected chi connectivity index (χ3v) is 4.04. The van der Waals surface area contributed by atoms with Crippen molar-refractivity contribution in [3.8, 4) is 0 Å². The van der Waals surface area contributed by atoms with E-state index in [1.54, 1.807) is 4.68 Å². The van der Waals surface area contributed by atoms with Gasteiger partial charge in [0.1, 0.15) is 0 Å². The van der Waals surface area contributed by atoms with Gasteiger partial charge in [0.15, 0.2) is 0 Å². The molecule has 1 atom stereocenters. The average molecular weight is 236 g/mol. The van der Waals surface area contributed by atoms with E-state index in [1.807, 2.05) is 19.3 Å². The van der Waals surface area contributed by atoms with Crippen LogP contribution in [-0.4, -0.2) is 20.5 Å². The Balaban J connectivity index is 2.03. The summed E-state index contributed by atoms with van der Waals surface area (Å²) >= 11 is 0. The highest BCUT2D eigenvalue weighted by atomic mass is 16.3. The Labute approximate surface area is 104 Å². The molecule has 1 aromatic rings. The number of aliphatic hydroxyl groups is 1. The molecule has 0 saturated heterocycles. The molecule has 1 heterocycles. The highest BCUT2D eigenvalue weighted by Crippen LogP contribution is 2.39. The fourth-order valence-electron chi connectivity index (χ4n) is 2.79. The number of aryl methyl sites for hydroxylation is 1. The third-order valence-electron chi connectivity index (χ3n) is 4.04. The van der Waals surface area contributed by atoms with Gasteiger partial charge in [-0.1, -0.05) is 20.3 Å². The lowest BCUT2D eigenvalue weighted by Crippen LogP contribution is -2.31. The van der Waals surface area contributed by atoms with Crippen LogP contribution in [0.3, 0.4) is 0 Å². The zero-order valence-electron chi connectivity index (χ0n) is 11.2. The predicted molar refractivity (Wildman–Crippen MR) is 68.7 cm³/mol. The molecule has 1 unspecified atom stereocenters. The first-order chi connectivity index (χ1) is 7.89. The molecule has 3 nitrogen and oxygen atoms in total. The van der Waals surface area contributed by atoms with Crippen molar-refractivity contribution in [1.29, 1.82) is 0 Å². The van der Waals surface area contributed by atoms with E-state index >= 15 is 0 Å². The Morgan fingerprint density at radius 3 is 2.71 bits per heavy atom. The Hall–Kier alpha value is -0.830. The van der Waals surface area contributed by atoms with Crippen molar-refractivity contribution in [1.82, 2.24) is 9.78 Å². The maximum Gasteiger partial charge on any atom is 0.0703 e. The first-order valence-corrected chi connectivity index (χ1v) is 6.60. The third kappa shape index (κ3) is 3.32.